The van der Waals surface area contributed by atoms with E-state index in [1.165, 1.54) is 11.3 Å². The van der Waals surface area contributed by atoms with Crippen LogP contribution in [0.5, 0.6) is 0 Å². The highest BCUT2D eigenvalue weighted by Crippen LogP contribution is 2.19. The molecule has 0 saturated carbocycles. The van der Waals surface area contributed by atoms with E-state index in [-0.39, 0.29) is 24.8 Å². The number of furan rings is 1. The Bertz CT molecular complexity index is 840. The van der Waals surface area contributed by atoms with Crippen LogP contribution in [-0.4, -0.2) is 18.4 Å². The Hall–Kier alpha value is -2.86. The minimum atomic E-state index is -0.160. The topological polar surface area (TPSA) is 62.6 Å². The average molecular weight is 368 g/mol. The molecule has 0 fully saturated rings. The molecule has 2 heterocycles. The molecule has 0 aliphatic heterocycles. The van der Waals surface area contributed by atoms with E-state index in [2.05, 4.69) is 5.32 Å². The first-order valence-electron chi connectivity index (χ1n) is 8.33. The number of nitrogens with one attached hydrogen (secondary N) is 1. The number of anilines is 1. The normalized spacial score (nSPS) is 10.5. The molecule has 3 rings (SSSR count). The fourth-order valence-electron chi connectivity index (χ4n) is 2.52. The second-order valence-electron chi connectivity index (χ2n) is 5.91. The quantitative estimate of drug-likeness (QED) is 0.685. The van der Waals surface area contributed by atoms with E-state index < -0.39 is 0 Å². The first kappa shape index (κ1) is 17.9. The second kappa shape index (κ2) is 8.49. The molecule has 0 radical (unpaired) electrons. The zero-order valence-corrected chi connectivity index (χ0v) is 15.3. The van der Waals surface area contributed by atoms with Gasteiger partial charge in [0.25, 0.3) is 5.91 Å². The van der Waals surface area contributed by atoms with Crippen LogP contribution in [0, 0.1) is 6.92 Å². The van der Waals surface area contributed by atoms with Crippen molar-refractivity contribution in [2.75, 3.05) is 11.4 Å². The van der Waals surface area contributed by atoms with Crippen LogP contribution in [0.15, 0.2) is 63.9 Å². The van der Waals surface area contributed by atoms with Gasteiger partial charge in [-0.05, 0) is 42.6 Å². The van der Waals surface area contributed by atoms with Crippen molar-refractivity contribution in [2.24, 2.45) is 0 Å². The highest BCUT2D eigenvalue weighted by atomic mass is 32.1. The number of nitrogens with zero attached hydrogens (tertiary/aromatic N) is 1. The Morgan fingerprint density at radius 2 is 1.96 bits per heavy atom. The van der Waals surface area contributed by atoms with Crippen molar-refractivity contribution >= 4 is 28.8 Å². The van der Waals surface area contributed by atoms with Gasteiger partial charge in [-0.3, -0.25) is 9.59 Å². The van der Waals surface area contributed by atoms with Gasteiger partial charge in [0, 0.05) is 29.6 Å². The fraction of sp³-hybridized carbons (Fsp3) is 0.200. The van der Waals surface area contributed by atoms with Gasteiger partial charge in [0.1, 0.15) is 5.76 Å². The molecular weight excluding hydrogens is 348 g/mol. The lowest BCUT2D eigenvalue weighted by Crippen LogP contribution is -2.34. The number of hydrogen-bond acceptors (Lipinski definition) is 4. The smallest absolute Gasteiger partial charge is 0.252 e. The van der Waals surface area contributed by atoms with Gasteiger partial charge in [0.05, 0.1) is 12.8 Å². The van der Waals surface area contributed by atoms with Crippen LogP contribution in [0.4, 0.5) is 5.69 Å². The summed E-state index contributed by atoms with van der Waals surface area (Å²) in [5.74, 6) is 0.476. The Labute approximate surface area is 156 Å². The number of thiophene rings is 1. The van der Waals surface area contributed by atoms with E-state index in [0.717, 1.165) is 11.3 Å². The monoisotopic (exact) mass is 368 g/mol. The summed E-state index contributed by atoms with van der Waals surface area (Å²) in [5.41, 5.74) is 2.55. The summed E-state index contributed by atoms with van der Waals surface area (Å²) < 4.78 is 5.39. The van der Waals surface area contributed by atoms with Crippen LogP contribution in [0.1, 0.15) is 28.1 Å². The zero-order valence-electron chi connectivity index (χ0n) is 14.5. The third kappa shape index (κ3) is 4.61. The van der Waals surface area contributed by atoms with E-state index in [0.29, 0.717) is 17.9 Å². The highest BCUT2D eigenvalue weighted by Gasteiger charge is 2.18. The van der Waals surface area contributed by atoms with Gasteiger partial charge in [0.15, 0.2) is 0 Å². The van der Waals surface area contributed by atoms with Crippen molar-refractivity contribution in [3.05, 3.63) is 76.4 Å². The van der Waals surface area contributed by atoms with E-state index in [4.69, 9.17) is 4.42 Å². The Balaban J connectivity index is 1.64. The predicted molar refractivity (Wildman–Crippen MR) is 102 cm³/mol. The number of amides is 2. The second-order valence-corrected chi connectivity index (χ2v) is 6.69. The van der Waals surface area contributed by atoms with Crippen molar-refractivity contribution in [1.82, 2.24) is 5.32 Å². The van der Waals surface area contributed by atoms with E-state index in [1.54, 1.807) is 28.7 Å². The van der Waals surface area contributed by atoms with Crippen molar-refractivity contribution in [3.63, 3.8) is 0 Å². The third-order valence-electron chi connectivity index (χ3n) is 3.95. The minimum absolute atomic E-state index is 0.0733. The molecular formula is C20H20N2O3S. The maximum atomic E-state index is 12.8. The lowest BCUT2D eigenvalue weighted by atomic mass is 10.2. The largest absolute Gasteiger partial charge is 0.467 e. The van der Waals surface area contributed by atoms with Crippen molar-refractivity contribution < 1.29 is 14.0 Å². The van der Waals surface area contributed by atoms with Crippen LogP contribution < -0.4 is 10.2 Å². The summed E-state index contributed by atoms with van der Waals surface area (Å²) in [6.07, 6.45) is 1.80. The maximum absolute atomic E-state index is 12.8. The van der Waals surface area contributed by atoms with Crippen LogP contribution in [0.2, 0.25) is 0 Å². The molecule has 0 spiro atoms. The van der Waals surface area contributed by atoms with Gasteiger partial charge in [-0.2, -0.15) is 11.3 Å². The summed E-state index contributed by atoms with van der Waals surface area (Å²) in [7, 11) is 0. The summed E-state index contributed by atoms with van der Waals surface area (Å²) in [6, 6.07) is 13.2. The predicted octanol–water partition coefficient (Wildman–Crippen LogP) is 4.00. The standard InChI is InChI=1S/C20H20N2O3S/c1-15-4-6-17(7-5-15)22(13-18-3-2-11-25-18)19(23)8-10-21-20(24)16-9-12-26-14-16/h2-7,9,11-12,14H,8,10,13H2,1H3,(H,21,24). The summed E-state index contributed by atoms with van der Waals surface area (Å²) >= 11 is 1.47. The molecule has 6 heteroatoms. The number of rotatable bonds is 7. The number of aryl methyl sites for hydroxylation is 1. The molecule has 1 aromatic carbocycles. The van der Waals surface area contributed by atoms with Crippen LogP contribution in [-0.2, 0) is 11.3 Å². The van der Waals surface area contributed by atoms with E-state index >= 15 is 0 Å². The molecule has 1 N–H and O–H groups in total. The molecule has 2 amide bonds. The van der Waals surface area contributed by atoms with Crippen LogP contribution in [0.3, 0.4) is 0 Å². The third-order valence-corrected chi connectivity index (χ3v) is 4.63. The van der Waals surface area contributed by atoms with E-state index in [1.807, 2.05) is 42.6 Å². The molecule has 0 aliphatic rings. The van der Waals surface area contributed by atoms with Crippen molar-refractivity contribution in [2.45, 2.75) is 19.9 Å². The van der Waals surface area contributed by atoms with E-state index in [9.17, 15) is 9.59 Å². The van der Waals surface area contributed by atoms with Crippen molar-refractivity contribution in [3.8, 4) is 0 Å². The summed E-state index contributed by atoms with van der Waals surface area (Å²) in [5, 5.41) is 6.42. The number of benzene rings is 1. The van der Waals surface area contributed by atoms with Crippen LogP contribution >= 0.6 is 11.3 Å². The molecule has 3 aromatic rings. The van der Waals surface area contributed by atoms with Gasteiger partial charge in [-0.1, -0.05) is 17.7 Å². The number of hydrogen-bond donors (Lipinski definition) is 1. The fourth-order valence-corrected chi connectivity index (χ4v) is 3.16. The molecule has 2 aromatic heterocycles. The molecule has 134 valence electrons. The average Bonchev–Trinajstić information content (AvgIpc) is 3.34. The lowest BCUT2D eigenvalue weighted by Gasteiger charge is -2.22. The minimum Gasteiger partial charge on any atom is -0.467 e. The highest BCUT2D eigenvalue weighted by molar-refractivity contribution is 7.08. The Morgan fingerprint density at radius 3 is 2.62 bits per heavy atom. The van der Waals surface area contributed by atoms with Gasteiger partial charge >= 0.3 is 0 Å². The van der Waals surface area contributed by atoms with Gasteiger partial charge in [-0.25, -0.2) is 0 Å². The molecule has 0 aliphatic carbocycles. The lowest BCUT2D eigenvalue weighted by molar-refractivity contribution is -0.118. The number of carbonyl (C=O) groups excluding carboxylic acids is 2. The van der Waals surface area contributed by atoms with Crippen LogP contribution in [0.25, 0.3) is 0 Å². The first-order chi connectivity index (χ1) is 12.6. The molecule has 0 saturated heterocycles. The molecule has 0 bridgehead atoms. The Morgan fingerprint density at radius 1 is 1.15 bits per heavy atom. The first-order valence-corrected chi connectivity index (χ1v) is 9.27. The van der Waals surface area contributed by atoms with Gasteiger partial charge in [0.2, 0.25) is 5.91 Å². The summed E-state index contributed by atoms with van der Waals surface area (Å²) in [4.78, 5) is 26.4. The maximum Gasteiger partial charge on any atom is 0.252 e. The zero-order chi connectivity index (χ0) is 18.4. The van der Waals surface area contributed by atoms with Gasteiger partial charge < -0.3 is 14.6 Å². The van der Waals surface area contributed by atoms with Gasteiger partial charge in [-0.15, -0.1) is 0 Å². The van der Waals surface area contributed by atoms with Crippen molar-refractivity contribution in [1.29, 1.82) is 0 Å². The SMILES string of the molecule is Cc1ccc(N(Cc2ccco2)C(=O)CCNC(=O)c2ccsc2)cc1. The molecule has 26 heavy (non-hydrogen) atoms. The molecule has 0 unspecified atom stereocenters. The molecule has 0 atom stereocenters. The number of carbonyl (C=O) groups is 2. The summed E-state index contributed by atoms with van der Waals surface area (Å²) in [6.45, 7) is 2.64. The molecule has 5 nitrogen and oxygen atoms in total. The Kier molecular flexibility index (Phi) is 5.86.